The number of hydrogen-bond acceptors (Lipinski definition) is 7. The molecule has 2 aromatic heterocycles. The number of fused-ring (bicyclic) bond motifs is 1. The molecule has 0 spiro atoms. The molecule has 4 rings (SSSR count). The van der Waals surface area contributed by atoms with Crippen molar-refractivity contribution in [2.75, 3.05) is 6.54 Å². The van der Waals surface area contributed by atoms with Crippen molar-refractivity contribution in [3.63, 3.8) is 0 Å². The minimum Gasteiger partial charge on any atom is -0.488 e. The smallest absolute Gasteiger partial charge is 0.243 e. The van der Waals surface area contributed by atoms with E-state index in [4.69, 9.17) is 9.26 Å². The average Bonchev–Trinajstić information content (AvgIpc) is 3.36. The van der Waals surface area contributed by atoms with Crippen LogP contribution < -0.4 is 4.74 Å². The SMILES string of the molecule is CCN(Cc1nc(-c2cccs2)no1)S(=O)(=O)c1ccc2c(c1)CCC(C)(C)O2. The normalized spacial score (nSPS) is 15.9. The van der Waals surface area contributed by atoms with Gasteiger partial charge in [-0.05, 0) is 61.9 Å². The van der Waals surface area contributed by atoms with Gasteiger partial charge in [0.1, 0.15) is 11.4 Å². The summed E-state index contributed by atoms with van der Waals surface area (Å²) in [7, 11) is -3.70. The van der Waals surface area contributed by atoms with E-state index in [1.807, 2.05) is 31.4 Å². The number of benzene rings is 1. The molecule has 0 radical (unpaired) electrons. The predicted molar refractivity (Wildman–Crippen MR) is 110 cm³/mol. The van der Waals surface area contributed by atoms with Gasteiger partial charge in [-0.25, -0.2) is 8.42 Å². The Morgan fingerprint density at radius 2 is 2.10 bits per heavy atom. The van der Waals surface area contributed by atoms with E-state index in [0.29, 0.717) is 12.4 Å². The van der Waals surface area contributed by atoms with Crippen LogP contribution >= 0.6 is 11.3 Å². The molecule has 0 N–H and O–H groups in total. The minimum atomic E-state index is -3.70. The largest absolute Gasteiger partial charge is 0.488 e. The van der Waals surface area contributed by atoms with Crippen LogP contribution in [0.3, 0.4) is 0 Å². The van der Waals surface area contributed by atoms with E-state index < -0.39 is 10.0 Å². The lowest BCUT2D eigenvalue weighted by molar-refractivity contribution is 0.0845. The number of ether oxygens (including phenoxy) is 1. The first-order valence-corrected chi connectivity index (χ1v) is 11.8. The summed E-state index contributed by atoms with van der Waals surface area (Å²) < 4.78 is 39.0. The average molecular weight is 434 g/mol. The van der Waals surface area contributed by atoms with Crippen molar-refractivity contribution in [2.45, 2.75) is 50.7 Å². The second kappa shape index (κ2) is 7.55. The summed E-state index contributed by atoms with van der Waals surface area (Å²) >= 11 is 1.50. The summed E-state index contributed by atoms with van der Waals surface area (Å²) in [6, 6.07) is 8.86. The van der Waals surface area contributed by atoms with Crippen LogP contribution in [0.1, 0.15) is 38.6 Å². The molecule has 3 aromatic rings. The Balaban J connectivity index is 1.57. The van der Waals surface area contributed by atoms with Crippen molar-refractivity contribution in [3.05, 3.63) is 47.2 Å². The second-order valence-corrected chi connectivity index (χ2v) is 10.4. The lowest BCUT2D eigenvalue weighted by Crippen LogP contribution is -2.33. The fourth-order valence-electron chi connectivity index (χ4n) is 3.29. The Morgan fingerprint density at radius 1 is 1.28 bits per heavy atom. The third-order valence-electron chi connectivity index (χ3n) is 4.93. The fraction of sp³-hybridized carbons (Fsp3) is 0.400. The number of aromatic nitrogens is 2. The summed E-state index contributed by atoms with van der Waals surface area (Å²) in [6.45, 7) is 6.18. The van der Waals surface area contributed by atoms with E-state index in [0.717, 1.165) is 29.0 Å². The monoisotopic (exact) mass is 433 g/mol. The standard InChI is InChI=1S/C20H23N3O4S2/c1-4-23(13-18-21-19(22-27-18)17-6-5-11-28-17)29(24,25)15-7-8-16-14(12-15)9-10-20(2,3)26-16/h5-8,11-12H,4,9-10,13H2,1-3H3. The van der Waals surface area contributed by atoms with Crippen LogP contribution in [0, 0.1) is 0 Å². The minimum absolute atomic E-state index is 0.0256. The topological polar surface area (TPSA) is 85.5 Å². The van der Waals surface area contributed by atoms with Gasteiger partial charge in [0.05, 0.1) is 16.3 Å². The quantitative estimate of drug-likeness (QED) is 0.581. The van der Waals surface area contributed by atoms with Gasteiger partial charge in [-0.1, -0.05) is 18.1 Å². The molecule has 0 bridgehead atoms. The molecule has 0 saturated carbocycles. The maximum absolute atomic E-state index is 13.2. The molecule has 0 saturated heterocycles. The van der Waals surface area contributed by atoms with Crippen LogP contribution in [0.15, 0.2) is 45.1 Å². The Bertz CT molecular complexity index is 1100. The zero-order valence-electron chi connectivity index (χ0n) is 16.6. The second-order valence-electron chi connectivity index (χ2n) is 7.55. The van der Waals surface area contributed by atoms with Crippen LogP contribution in [0.2, 0.25) is 0 Å². The van der Waals surface area contributed by atoms with Gasteiger partial charge in [-0.15, -0.1) is 11.3 Å². The Morgan fingerprint density at radius 3 is 2.83 bits per heavy atom. The van der Waals surface area contributed by atoms with E-state index in [9.17, 15) is 8.42 Å². The van der Waals surface area contributed by atoms with Crippen molar-refractivity contribution >= 4 is 21.4 Å². The molecule has 1 aliphatic rings. The molecule has 1 aromatic carbocycles. The molecule has 0 aliphatic carbocycles. The number of rotatable bonds is 6. The first kappa shape index (κ1) is 20.1. The molecule has 29 heavy (non-hydrogen) atoms. The van der Waals surface area contributed by atoms with Crippen LogP contribution in [-0.2, 0) is 23.0 Å². The van der Waals surface area contributed by atoms with Gasteiger partial charge in [0.15, 0.2) is 0 Å². The molecule has 0 atom stereocenters. The third-order valence-corrected chi connectivity index (χ3v) is 7.71. The number of thiophene rings is 1. The molecule has 1 aliphatic heterocycles. The van der Waals surface area contributed by atoms with Gasteiger partial charge in [0, 0.05) is 6.54 Å². The number of nitrogens with zero attached hydrogens (tertiary/aromatic N) is 3. The number of aryl methyl sites for hydroxylation is 1. The molecule has 0 fully saturated rings. The first-order valence-electron chi connectivity index (χ1n) is 9.47. The van der Waals surface area contributed by atoms with Gasteiger partial charge in [0.2, 0.25) is 21.7 Å². The van der Waals surface area contributed by atoms with Crippen LogP contribution in [-0.4, -0.2) is 35.0 Å². The lowest BCUT2D eigenvalue weighted by atomic mass is 9.94. The van der Waals surface area contributed by atoms with Gasteiger partial charge in [-0.3, -0.25) is 0 Å². The summed E-state index contributed by atoms with van der Waals surface area (Å²) in [5, 5.41) is 5.88. The third kappa shape index (κ3) is 4.08. The highest BCUT2D eigenvalue weighted by atomic mass is 32.2. The summed E-state index contributed by atoms with van der Waals surface area (Å²) in [4.78, 5) is 5.47. The zero-order valence-corrected chi connectivity index (χ0v) is 18.2. The van der Waals surface area contributed by atoms with Gasteiger partial charge in [-0.2, -0.15) is 9.29 Å². The molecule has 0 amide bonds. The number of hydrogen-bond donors (Lipinski definition) is 0. The van der Waals surface area contributed by atoms with Crippen molar-refractivity contribution in [3.8, 4) is 16.5 Å². The van der Waals surface area contributed by atoms with Crippen molar-refractivity contribution in [1.29, 1.82) is 0 Å². The highest BCUT2D eigenvalue weighted by Crippen LogP contribution is 2.35. The predicted octanol–water partition coefficient (Wildman–Crippen LogP) is 4.11. The summed E-state index contributed by atoms with van der Waals surface area (Å²) in [6.07, 6.45) is 1.63. The molecule has 0 unspecified atom stereocenters. The molecule has 7 nitrogen and oxygen atoms in total. The Kier molecular flexibility index (Phi) is 5.22. The Hall–Kier alpha value is -2.23. The number of sulfonamides is 1. The van der Waals surface area contributed by atoms with Gasteiger partial charge >= 0.3 is 0 Å². The molecular weight excluding hydrogens is 410 g/mol. The molecule has 3 heterocycles. The lowest BCUT2D eigenvalue weighted by Gasteiger charge is -2.32. The van der Waals surface area contributed by atoms with Crippen LogP contribution in [0.5, 0.6) is 5.75 Å². The van der Waals surface area contributed by atoms with Crippen molar-refractivity contribution in [2.24, 2.45) is 0 Å². The van der Waals surface area contributed by atoms with Crippen LogP contribution in [0.4, 0.5) is 0 Å². The molecular formula is C20H23N3O4S2. The van der Waals surface area contributed by atoms with E-state index in [2.05, 4.69) is 10.1 Å². The summed E-state index contributed by atoms with van der Waals surface area (Å²) in [5.74, 6) is 1.49. The summed E-state index contributed by atoms with van der Waals surface area (Å²) in [5.41, 5.74) is 0.681. The van der Waals surface area contributed by atoms with Gasteiger partial charge < -0.3 is 9.26 Å². The Labute approximate surface area is 174 Å². The first-order chi connectivity index (χ1) is 13.8. The maximum atomic E-state index is 13.2. The van der Waals surface area contributed by atoms with E-state index in [1.165, 1.54) is 15.6 Å². The fourth-order valence-corrected chi connectivity index (χ4v) is 5.39. The van der Waals surface area contributed by atoms with E-state index in [1.54, 1.807) is 25.1 Å². The highest BCUT2D eigenvalue weighted by Gasteiger charge is 2.30. The van der Waals surface area contributed by atoms with Crippen molar-refractivity contribution < 1.29 is 17.7 Å². The van der Waals surface area contributed by atoms with E-state index in [-0.39, 0.29) is 22.9 Å². The zero-order chi connectivity index (χ0) is 20.6. The van der Waals surface area contributed by atoms with E-state index >= 15 is 0 Å². The van der Waals surface area contributed by atoms with Crippen LogP contribution in [0.25, 0.3) is 10.7 Å². The van der Waals surface area contributed by atoms with Gasteiger partial charge in [0.25, 0.3) is 0 Å². The molecule has 9 heteroatoms. The highest BCUT2D eigenvalue weighted by molar-refractivity contribution is 7.89. The molecule has 154 valence electrons. The van der Waals surface area contributed by atoms with Crippen molar-refractivity contribution in [1.82, 2.24) is 14.4 Å². The maximum Gasteiger partial charge on any atom is 0.243 e.